The first-order valence-corrected chi connectivity index (χ1v) is 8.95. The number of aromatic nitrogens is 1. The number of carbonyl (C=O) groups excluding carboxylic acids is 1. The quantitative estimate of drug-likeness (QED) is 0.587. The molecule has 0 saturated heterocycles. The zero-order valence-electron chi connectivity index (χ0n) is 15.6. The lowest BCUT2D eigenvalue weighted by Crippen LogP contribution is -2.51. The normalized spacial score (nSPS) is 16.5. The van der Waals surface area contributed by atoms with Crippen molar-refractivity contribution in [3.63, 3.8) is 0 Å². The van der Waals surface area contributed by atoms with Gasteiger partial charge in [0.2, 0.25) is 0 Å². The molecule has 1 aromatic carbocycles. The number of hydrogen-bond donors (Lipinski definition) is 0. The van der Waals surface area contributed by atoms with Crippen LogP contribution in [-0.2, 0) is 16.0 Å². The van der Waals surface area contributed by atoms with E-state index in [1.807, 2.05) is 0 Å². The molecular weight excluding hydrogens is 365 g/mol. The third-order valence-electron chi connectivity index (χ3n) is 5.10. The summed E-state index contributed by atoms with van der Waals surface area (Å²) in [5, 5.41) is 0. The number of fused-ring (bicyclic) bond motifs is 2. The number of halogens is 2. The second-order valence-electron chi connectivity index (χ2n) is 6.67. The number of nitrogens with zero attached hydrogens (tertiary/aromatic N) is 2. The first kappa shape index (κ1) is 18.2. The van der Waals surface area contributed by atoms with Crippen molar-refractivity contribution in [3.05, 3.63) is 71.2 Å². The molecule has 2 aliphatic heterocycles. The van der Waals surface area contributed by atoms with Crippen molar-refractivity contribution < 1.29 is 27.4 Å². The molecule has 0 saturated carbocycles. The number of benzene rings is 1. The van der Waals surface area contributed by atoms with Gasteiger partial charge >= 0.3 is 12.9 Å². The van der Waals surface area contributed by atoms with Crippen LogP contribution in [0.2, 0.25) is 0 Å². The molecule has 2 aliphatic rings. The van der Waals surface area contributed by atoms with Crippen LogP contribution >= 0.6 is 0 Å². The minimum atomic E-state index is -4.11. The van der Waals surface area contributed by atoms with Gasteiger partial charge in [-0.25, -0.2) is 0 Å². The van der Waals surface area contributed by atoms with Crippen LogP contribution in [0.3, 0.4) is 0 Å². The summed E-state index contributed by atoms with van der Waals surface area (Å²) >= 11 is 0. The smallest absolute Gasteiger partial charge is 0.497 e. The first-order chi connectivity index (χ1) is 13.5. The predicted molar refractivity (Wildman–Crippen MR) is 103 cm³/mol. The van der Waals surface area contributed by atoms with Crippen LogP contribution in [-0.4, -0.2) is 41.8 Å². The third kappa shape index (κ3) is 2.85. The Labute approximate surface area is 161 Å². The van der Waals surface area contributed by atoms with Crippen LogP contribution in [0.15, 0.2) is 54.2 Å². The van der Waals surface area contributed by atoms with Crippen LogP contribution in [0.1, 0.15) is 23.4 Å². The summed E-state index contributed by atoms with van der Waals surface area (Å²) < 4.78 is 43.2. The molecule has 8 heteroatoms. The van der Waals surface area contributed by atoms with Gasteiger partial charge < -0.3 is 27.1 Å². The molecule has 0 unspecified atom stereocenters. The standard InChI is InChI=1S/C20H19BF2N2O3/c1-27-18-9-3-14(4-10-18)19-11-7-17-13-16-6-5-15(8-12-20(26)28-2)24(16)21(22,23)25(17)19/h3-7,9-11,13H,8,12H2,1-2H3. The molecule has 5 nitrogen and oxygen atoms in total. The number of allylic oxidation sites excluding steroid dienone is 2. The van der Waals surface area contributed by atoms with Gasteiger partial charge in [0, 0.05) is 29.5 Å². The van der Waals surface area contributed by atoms with E-state index in [4.69, 9.17) is 4.74 Å². The van der Waals surface area contributed by atoms with E-state index in [1.165, 1.54) is 7.11 Å². The summed E-state index contributed by atoms with van der Waals surface area (Å²) in [5.74, 6) is 0.238. The molecule has 2 aromatic rings. The number of esters is 1. The number of carbonyl (C=O) groups is 1. The molecule has 28 heavy (non-hydrogen) atoms. The monoisotopic (exact) mass is 384 g/mol. The maximum absolute atomic E-state index is 15.6. The zero-order chi connectivity index (χ0) is 19.9. The lowest BCUT2D eigenvalue weighted by Gasteiger charge is -2.30. The highest BCUT2D eigenvalue weighted by molar-refractivity contribution is 6.58. The number of aryl methyl sites for hydroxylation is 1. The maximum atomic E-state index is 15.6. The number of ether oxygens (including phenoxy) is 2. The summed E-state index contributed by atoms with van der Waals surface area (Å²) in [7, 11) is 2.85. The summed E-state index contributed by atoms with van der Waals surface area (Å²) in [6.45, 7) is -4.11. The Bertz CT molecular complexity index is 1040. The molecule has 3 heterocycles. The Morgan fingerprint density at radius 3 is 2.54 bits per heavy atom. The van der Waals surface area contributed by atoms with Gasteiger partial charge in [-0.05, 0) is 48.5 Å². The molecule has 144 valence electrons. The molecule has 0 amide bonds. The van der Waals surface area contributed by atoms with E-state index in [2.05, 4.69) is 4.74 Å². The van der Waals surface area contributed by atoms with E-state index in [-0.39, 0.29) is 12.8 Å². The van der Waals surface area contributed by atoms with Crippen LogP contribution in [0.25, 0.3) is 6.08 Å². The average molecular weight is 384 g/mol. The summed E-state index contributed by atoms with van der Waals surface area (Å²) in [5.41, 5.74) is 2.38. The molecule has 0 atom stereocenters. The van der Waals surface area contributed by atoms with Gasteiger partial charge in [-0.3, -0.25) is 4.79 Å². The summed E-state index contributed by atoms with van der Waals surface area (Å²) in [6, 6.07) is 10.3. The van der Waals surface area contributed by atoms with Crippen molar-refractivity contribution >= 4 is 24.7 Å². The van der Waals surface area contributed by atoms with E-state index in [1.54, 1.807) is 61.7 Å². The Kier molecular flexibility index (Phi) is 4.41. The van der Waals surface area contributed by atoms with Crippen molar-refractivity contribution in [1.29, 1.82) is 0 Å². The molecule has 0 spiro atoms. The van der Waals surface area contributed by atoms with Gasteiger partial charge in [0.1, 0.15) is 5.75 Å². The second-order valence-corrected chi connectivity index (χ2v) is 6.67. The number of rotatable bonds is 5. The summed E-state index contributed by atoms with van der Waals surface area (Å²) in [4.78, 5) is 11.4. The van der Waals surface area contributed by atoms with Crippen LogP contribution in [0.5, 0.6) is 5.75 Å². The molecule has 4 rings (SSSR count). The Hall–Kier alpha value is -3.16. The van der Waals surface area contributed by atoms with E-state index in [9.17, 15) is 4.79 Å². The Morgan fingerprint density at radius 1 is 1.11 bits per heavy atom. The fourth-order valence-corrected chi connectivity index (χ4v) is 3.73. The van der Waals surface area contributed by atoms with Crippen molar-refractivity contribution in [1.82, 2.24) is 4.48 Å². The Balaban J connectivity index is 1.78. The molecule has 0 aliphatic carbocycles. The molecule has 1 aromatic heterocycles. The van der Waals surface area contributed by atoms with Crippen molar-refractivity contribution in [3.8, 4) is 5.75 Å². The van der Waals surface area contributed by atoms with Crippen LogP contribution < -0.4 is 4.74 Å². The highest BCUT2D eigenvalue weighted by atomic mass is 19.2. The van der Waals surface area contributed by atoms with Crippen molar-refractivity contribution in [2.45, 2.75) is 12.8 Å². The SMILES string of the molecule is COC(=O)CCc1ccc2n1[B-](F)(F)[N+]1=C(c3ccc(OC)cc3)C=CC1=C2. The van der Waals surface area contributed by atoms with Gasteiger partial charge in [0.25, 0.3) is 0 Å². The predicted octanol–water partition coefficient (Wildman–Crippen LogP) is 3.25. The number of hydrogen-bond acceptors (Lipinski definition) is 3. The highest BCUT2D eigenvalue weighted by Gasteiger charge is 2.52. The average Bonchev–Trinajstić information content (AvgIpc) is 3.31. The van der Waals surface area contributed by atoms with Gasteiger partial charge in [-0.2, -0.15) is 0 Å². The second kappa shape index (κ2) is 6.78. The zero-order valence-corrected chi connectivity index (χ0v) is 15.6. The van der Waals surface area contributed by atoms with Gasteiger partial charge in [0.05, 0.1) is 20.6 Å². The Morgan fingerprint density at radius 2 is 1.86 bits per heavy atom. The lowest BCUT2D eigenvalue weighted by atomic mass is 9.89. The molecule has 0 N–H and O–H groups in total. The minimum absolute atomic E-state index is 0.0516. The first-order valence-electron chi connectivity index (χ1n) is 8.95. The van der Waals surface area contributed by atoms with Gasteiger partial charge in [-0.1, -0.05) is 0 Å². The van der Waals surface area contributed by atoms with Crippen LogP contribution in [0.4, 0.5) is 8.63 Å². The minimum Gasteiger partial charge on any atom is -0.497 e. The molecule has 0 fully saturated rings. The molecular formula is C20H19BF2N2O3. The summed E-state index contributed by atoms with van der Waals surface area (Å²) in [6.07, 6.45) is 5.36. The van der Waals surface area contributed by atoms with E-state index < -0.39 is 12.9 Å². The fourth-order valence-electron chi connectivity index (χ4n) is 3.73. The third-order valence-corrected chi connectivity index (χ3v) is 5.10. The van der Waals surface area contributed by atoms with E-state index in [0.717, 1.165) is 8.96 Å². The highest BCUT2D eigenvalue weighted by Crippen LogP contribution is 2.34. The maximum Gasteiger partial charge on any atom is 0.737 e. The molecule has 0 bridgehead atoms. The van der Waals surface area contributed by atoms with Gasteiger partial charge in [0.15, 0.2) is 11.4 Å². The number of methoxy groups -OCH3 is 2. The van der Waals surface area contributed by atoms with E-state index in [0.29, 0.717) is 34.1 Å². The largest absolute Gasteiger partial charge is 0.737 e. The van der Waals surface area contributed by atoms with E-state index >= 15 is 8.63 Å². The van der Waals surface area contributed by atoms with Crippen molar-refractivity contribution in [2.24, 2.45) is 0 Å². The lowest BCUT2D eigenvalue weighted by molar-refractivity contribution is -0.360. The molecule has 0 radical (unpaired) electrons. The van der Waals surface area contributed by atoms with Crippen LogP contribution in [0, 0.1) is 0 Å². The fraction of sp³-hybridized carbons (Fsp3) is 0.200. The topological polar surface area (TPSA) is 43.5 Å². The van der Waals surface area contributed by atoms with Crippen molar-refractivity contribution in [2.75, 3.05) is 14.2 Å². The van der Waals surface area contributed by atoms with Gasteiger partial charge in [-0.15, -0.1) is 0 Å².